The van der Waals surface area contributed by atoms with Crippen LogP contribution < -0.4 is 15.2 Å². The van der Waals surface area contributed by atoms with Crippen LogP contribution in [0.3, 0.4) is 0 Å². The highest BCUT2D eigenvalue weighted by atomic mass is 16.5. The number of aryl methyl sites for hydroxylation is 2. The number of unbranched alkanes of at least 4 members (excludes halogenated alkanes) is 4. The third kappa shape index (κ3) is 7.81. The van der Waals surface area contributed by atoms with E-state index in [0.29, 0.717) is 24.5 Å². The number of carbonyl (C=O) groups is 1. The number of anilines is 1. The van der Waals surface area contributed by atoms with Crippen molar-refractivity contribution in [1.29, 1.82) is 0 Å². The van der Waals surface area contributed by atoms with Gasteiger partial charge in [0.25, 0.3) is 5.56 Å². The molecule has 6 heteroatoms. The molecule has 0 saturated heterocycles. The fourth-order valence-electron chi connectivity index (χ4n) is 3.66. The Labute approximate surface area is 192 Å². The minimum Gasteiger partial charge on any atom is -0.488 e. The molecule has 1 aromatic heterocycles. The van der Waals surface area contributed by atoms with Gasteiger partial charge >= 0.3 is 0 Å². The van der Waals surface area contributed by atoms with Crippen molar-refractivity contribution in [1.82, 2.24) is 9.55 Å². The molecule has 2 aromatic rings. The Hall–Kier alpha value is -2.63. The molecule has 0 aliphatic rings. The lowest BCUT2D eigenvalue weighted by Gasteiger charge is -2.25. The third-order valence-corrected chi connectivity index (χ3v) is 5.18. The van der Waals surface area contributed by atoms with E-state index in [1.807, 2.05) is 52.0 Å². The molecular formula is C26H39N3O3. The molecule has 0 aliphatic heterocycles. The first-order valence-corrected chi connectivity index (χ1v) is 11.8. The molecule has 0 radical (unpaired) electrons. The molecule has 0 saturated carbocycles. The number of hydrogen-bond acceptors (Lipinski definition) is 4. The molecule has 32 heavy (non-hydrogen) atoms. The van der Waals surface area contributed by atoms with Gasteiger partial charge in [0.15, 0.2) is 0 Å². The molecule has 0 atom stereocenters. The van der Waals surface area contributed by atoms with Crippen molar-refractivity contribution >= 4 is 11.6 Å². The van der Waals surface area contributed by atoms with Crippen LogP contribution in [-0.2, 0) is 17.8 Å². The van der Waals surface area contributed by atoms with E-state index in [1.165, 1.54) is 23.5 Å². The highest BCUT2D eigenvalue weighted by molar-refractivity contribution is 5.93. The molecule has 6 nitrogen and oxygen atoms in total. The minimum atomic E-state index is -0.285. The topological polar surface area (TPSA) is 64.4 Å². The van der Waals surface area contributed by atoms with Crippen LogP contribution in [0.15, 0.2) is 35.1 Å². The standard InChI is InChI=1S/C26H39N3O3/c1-7-9-10-11-12-17-28(21-13-15-22(16-14-21)32-26(4,5)6)25(31)19-29-23(8-2)27-20(3)18-24(29)30/h13-16,18H,7-12,17,19H2,1-6H3. The first kappa shape index (κ1) is 25.6. The van der Waals surface area contributed by atoms with Crippen molar-refractivity contribution in [3.05, 3.63) is 52.2 Å². The summed E-state index contributed by atoms with van der Waals surface area (Å²) in [5.41, 5.74) is 1.03. The van der Waals surface area contributed by atoms with Crippen LogP contribution >= 0.6 is 0 Å². The zero-order valence-electron chi connectivity index (χ0n) is 20.6. The summed E-state index contributed by atoms with van der Waals surface area (Å²) in [6.07, 6.45) is 6.15. The van der Waals surface area contributed by atoms with E-state index >= 15 is 0 Å². The van der Waals surface area contributed by atoms with Gasteiger partial charge in [0, 0.05) is 30.4 Å². The Kier molecular flexibility index (Phi) is 9.48. The van der Waals surface area contributed by atoms with E-state index < -0.39 is 0 Å². The fourth-order valence-corrected chi connectivity index (χ4v) is 3.66. The van der Waals surface area contributed by atoms with Crippen molar-refractivity contribution in [2.75, 3.05) is 11.4 Å². The van der Waals surface area contributed by atoms with Crippen molar-refractivity contribution in [3.63, 3.8) is 0 Å². The molecule has 2 rings (SSSR count). The van der Waals surface area contributed by atoms with Gasteiger partial charge in [-0.3, -0.25) is 14.2 Å². The predicted octanol–water partition coefficient (Wildman–Crippen LogP) is 5.30. The lowest BCUT2D eigenvalue weighted by molar-refractivity contribution is -0.119. The van der Waals surface area contributed by atoms with Gasteiger partial charge in [0.2, 0.25) is 5.91 Å². The molecule has 0 spiro atoms. The van der Waals surface area contributed by atoms with Crippen LogP contribution in [0.25, 0.3) is 0 Å². The quantitative estimate of drug-likeness (QED) is 0.444. The van der Waals surface area contributed by atoms with E-state index in [-0.39, 0.29) is 23.6 Å². The van der Waals surface area contributed by atoms with E-state index in [0.717, 1.165) is 30.7 Å². The molecule has 0 N–H and O–H groups in total. The molecule has 0 fully saturated rings. The molecule has 0 bridgehead atoms. The Balaban J connectivity index is 2.24. The summed E-state index contributed by atoms with van der Waals surface area (Å²) in [7, 11) is 0. The lowest BCUT2D eigenvalue weighted by Crippen LogP contribution is -2.38. The molecular weight excluding hydrogens is 402 g/mol. The van der Waals surface area contributed by atoms with Gasteiger partial charge in [-0.05, 0) is 58.4 Å². The average molecular weight is 442 g/mol. The maximum Gasteiger partial charge on any atom is 0.254 e. The lowest BCUT2D eigenvalue weighted by atomic mass is 10.1. The summed E-state index contributed by atoms with van der Waals surface area (Å²) >= 11 is 0. The average Bonchev–Trinajstić information content (AvgIpc) is 2.72. The zero-order chi connectivity index (χ0) is 23.7. The zero-order valence-corrected chi connectivity index (χ0v) is 20.6. The number of ether oxygens (including phenoxy) is 1. The molecule has 1 amide bonds. The van der Waals surface area contributed by atoms with E-state index in [4.69, 9.17) is 4.74 Å². The van der Waals surface area contributed by atoms with Crippen LogP contribution in [0.1, 0.15) is 78.2 Å². The second-order valence-electron chi connectivity index (χ2n) is 9.26. The summed E-state index contributed by atoms with van der Waals surface area (Å²) in [6, 6.07) is 9.12. The van der Waals surface area contributed by atoms with Gasteiger partial charge in [-0.25, -0.2) is 4.98 Å². The Morgan fingerprint density at radius 1 is 1.06 bits per heavy atom. The van der Waals surface area contributed by atoms with E-state index in [2.05, 4.69) is 11.9 Å². The van der Waals surface area contributed by atoms with Crippen molar-refractivity contribution in [2.45, 2.75) is 92.2 Å². The molecule has 0 unspecified atom stereocenters. The largest absolute Gasteiger partial charge is 0.488 e. The highest BCUT2D eigenvalue weighted by Crippen LogP contribution is 2.24. The number of carbonyl (C=O) groups excluding carboxylic acids is 1. The van der Waals surface area contributed by atoms with Gasteiger partial charge in [0.1, 0.15) is 23.7 Å². The van der Waals surface area contributed by atoms with Gasteiger partial charge in [-0.15, -0.1) is 0 Å². The Bertz CT molecular complexity index is 927. The fraction of sp³-hybridized carbons (Fsp3) is 0.577. The van der Waals surface area contributed by atoms with Crippen molar-refractivity contribution < 1.29 is 9.53 Å². The summed E-state index contributed by atoms with van der Waals surface area (Å²) < 4.78 is 7.41. The number of nitrogens with zero attached hydrogens (tertiary/aromatic N) is 3. The monoisotopic (exact) mass is 441 g/mol. The van der Waals surface area contributed by atoms with Crippen LogP contribution in [0.2, 0.25) is 0 Å². The summed E-state index contributed by atoms with van der Waals surface area (Å²) in [5, 5.41) is 0. The molecule has 176 valence electrons. The maximum atomic E-state index is 13.4. The number of amides is 1. The van der Waals surface area contributed by atoms with Crippen LogP contribution in [0.4, 0.5) is 5.69 Å². The second kappa shape index (κ2) is 11.8. The van der Waals surface area contributed by atoms with Crippen molar-refractivity contribution in [2.24, 2.45) is 0 Å². The van der Waals surface area contributed by atoms with Gasteiger partial charge in [-0.2, -0.15) is 0 Å². The minimum absolute atomic E-state index is 0.00944. The Morgan fingerprint density at radius 2 is 1.72 bits per heavy atom. The third-order valence-electron chi connectivity index (χ3n) is 5.18. The number of aromatic nitrogens is 2. The predicted molar refractivity (Wildman–Crippen MR) is 131 cm³/mol. The summed E-state index contributed by atoms with van der Waals surface area (Å²) in [5.74, 6) is 1.30. The van der Waals surface area contributed by atoms with Crippen molar-refractivity contribution in [3.8, 4) is 5.75 Å². The normalized spacial score (nSPS) is 11.4. The first-order chi connectivity index (χ1) is 15.1. The first-order valence-electron chi connectivity index (χ1n) is 11.8. The molecule has 0 aliphatic carbocycles. The second-order valence-corrected chi connectivity index (χ2v) is 9.26. The number of hydrogen-bond donors (Lipinski definition) is 0. The molecule has 1 heterocycles. The summed E-state index contributed by atoms with van der Waals surface area (Å²) in [4.78, 5) is 32.2. The van der Waals surface area contributed by atoms with E-state index in [1.54, 1.807) is 11.8 Å². The summed E-state index contributed by atoms with van der Waals surface area (Å²) in [6.45, 7) is 12.6. The molecule has 1 aromatic carbocycles. The van der Waals surface area contributed by atoms with Crippen LogP contribution in [0.5, 0.6) is 5.75 Å². The smallest absolute Gasteiger partial charge is 0.254 e. The van der Waals surface area contributed by atoms with Gasteiger partial charge in [0.05, 0.1) is 0 Å². The highest BCUT2D eigenvalue weighted by Gasteiger charge is 2.19. The number of benzene rings is 1. The van der Waals surface area contributed by atoms with Crippen LogP contribution in [-0.4, -0.2) is 27.6 Å². The van der Waals surface area contributed by atoms with Gasteiger partial charge in [-0.1, -0.05) is 39.5 Å². The number of rotatable bonds is 11. The SMILES string of the molecule is CCCCCCCN(C(=O)Cn1c(CC)nc(C)cc1=O)c1ccc(OC(C)(C)C)cc1. The van der Waals surface area contributed by atoms with Gasteiger partial charge < -0.3 is 9.64 Å². The van der Waals surface area contributed by atoms with E-state index in [9.17, 15) is 9.59 Å². The Morgan fingerprint density at radius 3 is 2.31 bits per heavy atom. The van der Waals surface area contributed by atoms with Crippen LogP contribution in [0, 0.1) is 6.92 Å². The maximum absolute atomic E-state index is 13.4.